The third-order valence-corrected chi connectivity index (χ3v) is 4.93. The molecule has 0 aromatic heterocycles. The van der Waals surface area contributed by atoms with Gasteiger partial charge in [0, 0.05) is 11.6 Å². The van der Waals surface area contributed by atoms with E-state index in [1.54, 1.807) is 0 Å². The van der Waals surface area contributed by atoms with Crippen LogP contribution >= 0.6 is 11.6 Å². The standard InChI is InChI=1S/C23H32ClNO.C2H2O4/c1-3-15-25(16-4-2)17-14-21-19-22(24)12-13-23(21)26-18-8-11-20-9-6-5-7-10-20;3-1(4)2(5)6/h5-7,9-10,12-13,19H,3-4,8,11,14-18H2,1-2H3;(H,3,4)(H,5,6). The zero-order valence-electron chi connectivity index (χ0n) is 18.9. The lowest BCUT2D eigenvalue weighted by Gasteiger charge is -2.21. The van der Waals surface area contributed by atoms with Gasteiger partial charge >= 0.3 is 11.9 Å². The third kappa shape index (κ3) is 11.7. The van der Waals surface area contributed by atoms with Crippen molar-refractivity contribution in [2.24, 2.45) is 0 Å². The smallest absolute Gasteiger partial charge is 0.414 e. The normalized spacial score (nSPS) is 10.4. The lowest BCUT2D eigenvalue weighted by atomic mass is 10.1. The molecular formula is C25H34ClNO5. The Morgan fingerprint density at radius 2 is 1.53 bits per heavy atom. The molecule has 0 amide bonds. The Labute approximate surface area is 195 Å². The molecule has 2 aromatic rings. The average molecular weight is 464 g/mol. The number of carboxylic acid groups (broad SMARTS) is 2. The number of ether oxygens (including phenoxy) is 1. The average Bonchev–Trinajstić information content (AvgIpc) is 2.77. The quantitative estimate of drug-likeness (QED) is 0.333. The van der Waals surface area contributed by atoms with Crippen LogP contribution in [0.2, 0.25) is 5.02 Å². The Hall–Kier alpha value is -2.57. The molecule has 0 fully saturated rings. The minimum absolute atomic E-state index is 0.733. The van der Waals surface area contributed by atoms with E-state index in [9.17, 15) is 0 Å². The van der Waals surface area contributed by atoms with Crippen LogP contribution in [0.4, 0.5) is 0 Å². The third-order valence-electron chi connectivity index (χ3n) is 4.69. The first kappa shape index (κ1) is 27.5. The van der Waals surface area contributed by atoms with E-state index in [4.69, 9.17) is 36.1 Å². The predicted molar refractivity (Wildman–Crippen MR) is 128 cm³/mol. The first-order valence-corrected chi connectivity index (χ1v) is 11.4. The number of hydrogen-bond donors (Lipinski definition) is 2. The van der Waals surface area contributed by atoms with Crippen molar-refractivity contribution in [1.82, 2.24) is 4.90 Å². The molecule has 0 atom stereocenters. The molecule has 2 rings (SSSR count). The molecule has 2 N–H and O–H groups in total. The van der Waals surface area contributed by atoms with Gasteiger partial charge in [0.15, 0.2) is 0 Å². The Morgan fingerprint density at radius 3 is 2.09 bits per heavy atom. The summed E-state index contributed by atoms with van der Waals surface area (Å²) in [6.07, 6.45) is 5.43. The molecule has 7 heteroatoms. The predicted octanol–water partition coefficient (Wildman–Crippen LogP) is 5.17. The summed E-state index contributed by atoms with van der Waals surface area (Å²) in [5.41, 5.74) is 2.58. The molecule has 0 heterocycles. The fourth-order valence-electron chi connectivity index (χ4n) is 3.23. The number of nitrogens with zero attached hydrogens (tertiary/aromatic N) is 1. The van der Waals surface area contributed by atoms with Gasteiger partial charge in [0.2, 0.25) is 0 Å². The summed E-state index contributed by atoms with van der Waals surface area (Å²) in [6, 6.07) is 16.6. The van der Waals surface area contributed by atoms with E-state index in [-0.39, 0.29) is 0 Å². The van der Waals surface area contributed by atoms with Crippen LogP contribution in [-0.2, 0) is 22.4 Å². The number of hydrogen-bond acceptors (Lipinski definition) is 4. The van der Waals surface area contributed by atoms with E-state index < -0.39 is 11.9 Å². The van der Waals surface area contributed by atoms with Crippen molar-refractivity contribution in [2.45, 2.75) is 46.0 Å². The van der Waals surface area contributed by atoms with Crippen molar-refractivity contribution in [1.29, 1.82) is 0 Å². The number of halogens is 1. The van der Waals surface area contributed by atoms with Gasteiger partial charge in [-0.1, -0.05) is 55.8 Å². The number of aryl methyl sites for hydroxylation is 1. The molecule has 2 aromatic carbocycles. The molecule has 0 bridgehead atoms. The summed E-state index contributed by atoms with van der Waals surface area (Å²) in [7, 11) is 0. The van der Waals surface area contributed by atoms with Gasteiger partial charge < -0.3 is 19.8 Å². The summed E-state index contributed by atoms with van der Waals surface area (Å²) < 4.78 is 6.09. The summed E-state index contributed by atoms with van der Waals surface area (Å²) in [6.45, 7) is 8.58. The lowest BCUT2D eigenvalue weighted by Crippen LogP contribution is -2.27. The highest BCUT2D eigenvalue weighted by molar-refractivity contribution is 6.30. The van der Waals surface area contributed by atoms with E-state index in [1.807, 2.05) is 12.1 Å². The van der Waals surface area contributed by atoms with Crippen LogP contribution in [0.3, 0.4) is 0 Å². The topological polar surface area (TPSA) is 87.1 Å². The number of carbonyl (C=O) groups is 2. The van der Waals surface area contributed by atoms with Gasteiger partial charge in [-0.05, 0) is 74.5 Å². The number of aliphatic carboxylic acids is 2. The molecule has 0 saturated carbocycles. The maximum absolute atomic E-state index is 9.10. The Morgan fingerprint density at radius 1 is 0.906 bits per heavy atom. The molecular weight excluding hydrogens is 430 g/mol. The molecule has 6 nitrogen and oxygen atoms in total. The molecule has 0 radical (unpaired) electrons. The van der Waals surface area contributed by atoms with Crippen LogP contribution in [0.1, 0.15) is 44.2 Å². The van der Waals surface area contributed by atoms with Crippen LogP contribution in [0.15, 0.2) is 48.5 Å². The lowest BCUT2D eigenvalue weighted by molar-refractivity contribution is -0.159. The highest BCUT2D eigenvalue weighted by atomic mass is 35.5. The highest BCUT2D eigenvalue weighted by Gasteiger charge is 2.09. The second-order valence-electron chi connectivity index (χ2n) is 7.39. The first-order chi connectivity index (χ1) is 15.4. The van der Waals surface area contributed by atoms with Crippen molar-refractivity contribution in [3.63, 3.8) is 0 Å². The number of benzene rings is 2. The van der Waals surface area contributed by atoms with Crippen LogP contribution in [0, 0.1) is 0 Å². The Kier molecular flexibility index (Phi) is 13.8. The van der Waals surface area contributed by atoms with Gasteiger partial charge in [-0.25, -0.2) is 9.59 Å². The molecule has 32 heavy (non-hydrogen) atoms. The van der Waals surface area contributed by atoms with Gasteiger partial charge in [-0.15, -0.1) is 0 Å². The van der Waals surface area contributed by atoms with Crippen molar-refractivity contribution in [3.05, 3.63) is 64.7 Å². The summed E-state index contributed by atoms with van der Waals surface area (Å²) in [5.74, 6) is -2.67. The summed E-state index contributed by atoms with van der Waals surface area (Å²) in [4.78, 5) is 20.7. The van der Waals surface area contributed by atoms with Crippen LogP contribution < -0.4 is 4.74 Å². The number of rotatable bonds is 12. The summed E-state index contributed by atoms with van der Waals surface area (Å²) >= 11 is 6.23. The minimum atomic E-state index is -1.82. The van der Waals surface area contributed by atoms with E-state index in [0.29, 0.717) is 0 Å². The maximum atomic E-state index is 9.10. The van der Waals surface area contributed by atoms with Gasteiger partial charge in [0.05, 0.1) is 6.61 Å². The minimum Gasteiger partial charge on any atom is -0.493 e. The summed E-state index contributed by atoms with van der Waals surface area (Å²) in [5, 5.41) is 15.6. The van der Waals surface area contributed by atoms with Crippen molar-refractivity contribution >= 4 is 23.5 Å². The monoisotopic (exact) mass is 463 g/mol. The first-order valence-electron chi connectivity index (χ1n) is 11.0. The molecule has 0 unspecified atom stereocenters. The largest absolute Gasteiger partial charge is 0.493 e. The maximum Gasteiger partial charge on any atom is 0.414 e. The fourth-order valence-corrected chi connectivity index (χ4v) is 3.43. The zero-order chi connectivity index (χ0) is 23.8. The zero-order valence-corrected chi connectivity index (χ0v) is 19.7. The SMILES string of the molecule is CCCN(CCC)CCc1cc(Cl)ccc1OCCCc1ccccc1.O=C(O)C(=O)O. The molecule has 0 aliphatic rings. The van der Waals surface area contributed by atoms with Crippen molar-refractivity contribution in [3.8, 4) is 5.75 Å². The van der Waals surface area contributed by atoms with Gasteiger partial charge in [-0.3, -0.25) is 0 Å². The molecule has 0 aliphatic heterocycles. The van der Waals surface area contributed by atoms with Gasteiger partial charge in [0.25, 0.3) is 0 Å². The second-order valence-corrected chi connectivity index (χ2v) is 7.83. The van der Waals surface area contributed by atoms with E-state index in [1.165, 1.54) is 24.0 Å². The fraction of sp³-hybridized carbons (Fsp3) is 0.440. The molecule has 0 saturated heterocycles. The Bertz CT molecular complexity index is 795. The van der Waals surface area contributed by atoms with E-state index >= 15 is 0 Å². The van der Waals surface area contributed by atoms with Gasteiger partial charge in [-0.2, -0.15) is 0 Å². The molecule has 0 aliphatic carbocycles. The molecule has 0 spiro atoms. The van der Waals surface area contributed by atoms with Crippen molar-refractivity contribution < 1.29 is 24.5 Å². The molecule has 176 valence electrons. The van der Waals surface area contributed by atoms with Gasteiger partial charge in [0.1, 0.15) is 5.75 Å². The van der Waals surface area contributed by atoms with E-state index in [0.717, 1.165) is 56.3 Å². The Balaban J connectivity index is 0.000000751. The van der Waals surface area contributed by atoms with Crippen LogP contribution in [0.5, 0.6) is 5.75 Å². The number of carboxylic acids is 2. The second kappa shape index (κ2) is 16.1. The highest BCUT2D eigenvalue weighted by Crippen LogP contribution is 2.24. The van der Waals surface area contributed by atoms with E-state index in [2.05, 4.69) is 55.1 Å². The van der Waals surface area contributed by atoms with Crippen LogP contribution in [0.25, 0.3) is 0 Å². The van der Waals surface area contributed by atoms with Crippen molar-refractivity contribution in [2.75, 3.05) is 26.2 Å². The van der Waals surface area contributed by atoms with Crippen LogP contribution in [-0.4, -0.2) is 53.3 Å².